The van der Waals surface area contributed by atoms with Gasteiger partial charge in [0.2, 0.25) is 0 Å². The van der Waals surface area contributed by atoms with Crippen LogP contribution in [0.3, 0.4) is 0 Å². The number of amides is 1. The van der Waals surface area contributed by atoms with Crippen LogP contribution in [0.4, 0.5) is 5.13 Å². The molecule has 0 aliphatic carbocycles. The van der Waals surface area contributed by atoms with Crippen LogP contribution in [0.1, 0.15) is 22.4 Å². The zero-order valence-electron chi connectivity index (χ0n) is 11.8. The van der Waals surface area contributed by atoms with E-state index in [2.05, 4.69) is 33.2 Å². The predicted octanol–water partition coefficient (Wildman–Crippen LogP) is 4.98. The summed E-state index contributed by atoms with van der Waals surface area (Å²) in [5, 5.41) is 3.37. The Bertz CT molecular complexity index is 779. The van der Waals surface area contributed by atoms with Crippen LogP contribution in [0.2, 0.25) is 0 Å². The maximum absolute atomic E-state index is 12.0. The molecule has 0 saturated carbocycles. The average Bonchev–Trinajstić information content (AvgIpc) is 3.17. The van der Waals surface area contributed by atoms with Crippen LogP contribution >= 0.6 is 27.3 Å². The van der Waals surface area contributed by atoms with Crippen molar-refractivity contribution in [1.29, 1.82) is 0 Å². The van der Waals surface area contributed by atoms with E-state index in [1.54, 1.807) is 12.1 Å². The molecule has 0 spiro atoms. The molecule has 0 unspecified atom stereocenters. The van der Waals surface area contributed by atoms with Crippen molar-refractivity contribution in [3.05, 3.63) is 57.8 Å². The summed E-state index contributed by atoms with van der Waals surface area (Å²) >= 11 is 4.92. The molecule has 0 aliphatic rings. The van der Waals surface area contributed by atoms with E-state index in [-0.39, 0.29) is 11.7 Å². The zero-order chi connectivity index (χ0) is 15.5. The van der Waals surface area contributed by atoms with Crippen molar-refractivity contribution >= 4 is 38.3 Å². The number of carbonyl (C=O) groups excluding carboxylic acids is 1. The largest absolute Gasteiger partial charge is 0.459 e. The maximum atomic E-state index is 12.0. The second-order valence-electron chi connectivity index (χ2n) is 4.58. The summed E-state index contributed by atoms with van der Waals surface area (Å²) in [4.78, 5) is 17.7. The number of nitrogens with zero attached hydrogens (tertiary/aromatic N) is 1. The van der Waals surface area contributed by atoms with E-state index >= 15 is 0 Å². The Labute approximate surface area is 140 Å². The Balaban J connectivity index is 1.88. The summed E-state index contributed by atoms with van der Waals surface area (Å²) in [6.45, 7) is 2.08. The number of carbonyl (C=O) groups is 1. The molecule has 0 bridgehead atoms. The minimum atomic E-state index is -0.288. The molecule has 4 nitrogen and oxygen atoms in total. The smallest absolute Gasteiger partial charge is 0.293 e. The maximum Gasteiger partial charge on any atom is 0.293 e. The molecule has 2 aromatic heterocycles. The number of hydrogen-bond donors (Lipinski definition) is 1. The third-order valence-electron chi connectivity index (χ3n) is 3.10. The summed E-state index contributed by atoms with van der Waals surface area (Å²) in [5.41, 5.74) is 1.95. The first kappa shape index (κ1) is 15.0. The number of benzene rings is 1. The number of anilines is 1. The van der Waals surface area contributed by atoms with E-state index < -0.39 is 0 Å². The molecular weight excluding hydrogens is 364 g/mol. The highest BCUT2D eigenvalue weighted by molar-refractivity contribution is 9.10. The number of hydrogen-bond acceptors (Lipinski definition) is 4. The normalized spacial score (nSPS) is 10.6. The van der Waals surface area contributed by atoms with Gasteiger partial charge in [0.1, 0.15) is 0 Å². The van der Waals surface area contributed by atoms with E-state index in [9.17, 15) is 4.79 Å². The van der Waals surface area contributed by atoms with E-state index in [0.717, 1.165) is 27.0 Å². The number of furan rings is 1. The molecule has 1 N–H and O–H groups in total. The fraction of sp³-hybridized carbons (Fsp3) is 0.125. The minimum Gasteiger partial charge on any atom is -0.459 e. The topological polar surface area (TPSA) is 55.1 Å². The van der Waals surface area contributed by atoms with Crippen molar-refractivity contribution < 1.29 is 9.21 Å². The third kappa shape index (κ3) is 3.13. The van der Waals surface area contributed by atoms with Crippen LogP contribution in [-0.2, 0) is 6.42 Å². The van der Waals surface area contributed by atoms with E-state index in [4.69, 9.17) is 4.42 Å². The van der Waals surface area contributed by atoms with Crippen molar-refractivity contribution in [2.45, 2.75) is 13.3 Å². The van der Waals surface area contributed by atoms with Crippen molar-refractivity contribution in [2.75, 3.05) is 5.32 Å². The van der Waals surface area contributed by atoms with Gasteiger partial charge in [-0.05, 0) is 30.7 Å². The van der Waals surface area contributed by atoms with Gasteiger partial charge in [-0.1, -0.05) is 35.0 Å². The van der Waals surface area contributed by atoms with Crippen LogP contribution in [0.25, 0.3) is 11.3 Å². The summed E-state index contributed by atoms with van der Waals surface area (Å²) in [5.74, 6) is -0.0119. The van der Waals surface area contributed by atoms with Crippen molar-refractivity contribution in [3.63, 3.8) is 0 Å². The molecule has 0 atom stereocenters. The molecule has 0 aliphatic heterocycles. The number of aryl methyl sites for hydroxylation is 1. The average molecular weight is 377 g/mol. The van der Waals surface area contributed by atoms with E-state index in [1.807, 2.05) is 24.3 Å². The van der Waals surface area contributed by atoms with Gasteiger partial charge in [0.05, 0.1) is 12.0 Å². The molecule has 0 saturated heterocycles. The Kier molecular flexibility index (Phi) is 4.40. The quantitative estimate of drug-likeness (QED) is 0.698. The Morgan fingerprint density at radius 3 is 2.73 bits per heavy atom. The molecule has 3 rings (SSSR count). The van der Waals surface area contributed by atoms with Crippen molar-refractivity contribution in [1.82, 2.24) is 4.98 Å². The van der Waals surface area contributed by atoms with Gasteiger partial charge in [-0.3, -0.25) is 10.1 Å². The second kappa shape index (κ2) is 6.46. The third-order valence-corrected chi connectivity index (χ3v) is 4.75. The van der Waals surface area contributed by atoms with E-state index in [0.29, 0.717) is 5.13 Å². The van der Waals surface area contributed by atoms with Gasteiger partial charge in [-0.2, -0.15) is 0 Å². The fourth-order valence-electron chi connectivity index (χ4n) is 2.04. The highest BCUT2D eigenvalue weighted by Gasteiger charge is 2.15. The standard InChI is InChI=1S/C16H13BrN2O2S/c1-2-13-14(10-5-7-11(17)8-6-10)18-16(22-13)19-15(20)12-4-3-9-21-12/h3-9H,2H2,1H3,(H,18,19,20). The number of aromatic nitrogens is 1. The lowest BCUT2D eigenvalue weighted by Gasteiger charge is -2.00. The molecule has 6 heteroatoms. The molecule has 0 fully saturated rings. The Hall–Kier alpha value is -1.92. The minimum absolute atomic E-state index is 0.276. The van der Waals surface area contributed by atoms with Gasteiger partial charge in [0.25, 0.3) is 5.91 Å². The summed E-state index contributed by atoms with van der Waals surface area (Å²) < 4.78 is 6.11. The van der Waals surface area contributed by atoms with Crippen LogP contribution in [0, 0.1) is 0 Å². The molecule has 0 radical (unpaired) electrons. The van der Waals surface area contributed by atoms with Crippen LogP contribution in [-0.4, -0.2) is 10.9 Å². The number of thiazole rings is 1. The number of nitrogens with one attached hydrogen (secondary N) is 1. The zero-order valence-corrected chi connectivity index (χ0v) is 14.2. The summed E-state index contributed by atoms with van der Waals surface area (Å²) in [6.07, 6.45) is 2.33. The van der Waals surface area contributed by atoms with E-state index in [1.165, 1.54) is 17.6 Å². The molecule has 112 valence electrons. The first-order valence-corrected chi connectivity index (χ1v) is 8.39. The first-order valence-electron chi connectivity index (χ1n) is 6.78. The van der Waals surface area contributed by atoms with Crippen molar-refractivity contribution in [3.8, 4) is 11.3 Å². The number of halogens is 1. The molecule has 1 amide bonds. The monoisotopic (exact) mass is 376 g/mol. The Morgan fingerprint density at radius 2 is 2.09 bits per heavy atom. The lowest BCUT2D eigenvalue weighted by molar-refractivity contribution is 0.0996. The lowest BCUT2D eigenvalue weighted by Crippen LogP contribution is -2.10. The highest BCUT2D eigenvalue weighted by Crippen LogP contribution is 2.32. The van der Waals surface area contributed by atoms with Crippen molar-refractivity contribution in [2.24, 2.45) is 0 Å². The molecule has 22 heavy (non-hydrogen) atoms. The highest BCUT2D eigenvalue weighted by atomic mass is 79.9. The van der Waals surface area contributed by atoms with Gasteiger partial charge >= 0.3 is 0 Å². The molecular formula is C16H13BrN2O2S. The molecule has 2 heterocycles. The second-order valence-corrected chi connectivity index (χ2v) is 6.58. The fourth-order valence-corrected chi connectivity index (χ4v) is 3.23. The lowest BCUT2D eigenvalue weighted by atomic mass is 10.1. The summed E-state index contributed by atoms with van der Waals surface area (Å²) in [7, 11) is 0. The van der Waals surface area contributed by atoms with Crippen LogP contribution in [0.15, 0.2) is 51.6 Å². The van der Waals surface area contributed by atoms with Gasteiger partial charge in [0.15, 0.2) is 10.9 Å². The van der Waals surface area contributed by atoms with Gasteiger partial charge < -0.3 is 4.42 Å². The Morgan fingerprint density at radius 1 is 1.32 bits per heavy atom. The molecule has 1 aromatic carbocycles. The van der Waals surface area contributed by atoms with Gasteiger partial charge in [0, 0.05) is 14.9 Å². The van der Waals surface area contributed by atoms with Crippen LogP contribution < -0.4 is 5.32 Å². The predicted molar refractivity (Wildman–Crippen MR) is 91.3 cm³/mol. The summed E-state index contributed by atoms with van der Waals surface area (Å²) in [6, 6.07) is 11.3. The first-order chi connectivity index (χ1) is 10.7. The number of rotatable bonds is 4. The van der Waals surface area contributed by atoms with Gasteiger partial charge in [-0.15, -0.1) is 11.3 Å². The SMILES string of the molecule is CCc1sc(NC(=O)c2ccco2)nc1-c1ccc(Br)cc1. The van der Waals surface area contributed by atoms with Gasteiger partial charge in [-0.25, -0.2) is 4.98 Å². The molecule has 3 aromatic rings. The van der Waals surface area contributed by atoms with Crippen LogP contribution in [0.5, 0.6) is 0 Å².